The lowest BCUT2D eigenvalue weighted by Crippen LogP contribution is -2.13. The molecule has 0 aliphatic rings. The highest BCUT2D eigenvalue weighted by molar-refractivity contribution is 7.08. The predicted molar refractivity (Wildman–Crippen MR) is 80.3 cm³/mol. The zero-order valence-electron chi connectivity index (χ0n) is 11.1. The molecule has 8 heteroatoms. The lowest BCUT2D eigenvalue weighted by atomic mass is 10.2. The normalized spacial score (nSPS) is 10.4. The van der Waals surface area contributed by atoms with Crippen molar-refractivity contribution in [3.8, 4) is 0 Å². The molecule has 0 radical (unpaired) electrons. The van der Waals surface area contributed by atoms with Gasteiger partial charge in [0, 0.05) is 0 Å². The number of nitrogens with zero attached hydrogens (tertiary/aromatic N) is 2. The largest absolute Gasteiger partial charge is 0.478 e. The van der Waals surface area contributed by atoms with Gasteiger partial charge in [-0.2, -0.15) is 0 Å². The molecular formula is C13H12ClN3O3S. The minimum absolute atomic E-state index is 0.0594. The molecule has 2 rings (SSSR count). The number of carboxylic acids is 1. The number of carbonyl (C=O) groups is 2. The molecule has 0 bridgehead atoms. The number of benzene rings is 1. The summed E-state index contributed by atoms with van der Waals surface area (Å²) in [6, 6.07) is 4.12. The first-order chi connectivity index (χ1) is 10.0. The van der Waals surface area contributed by atoms with Gasteiger partial charge in [-0.15, -0.1) is 5.10 Å². The third-order valence-electron chi connectivity index (χ3n) is 2.71. The number of rotatable bonds is 5. The average Bonchev–Trinajstić information content (AvgIpc) is 2.89. The molecule has 0 aliphatic heterocycles. The van der Waals surface area contributed by atoms with Crippen LogP contribution in [0.25, 0.3) is 0 Å². The van der Waals surface area contributed by atoms with Gasteiger partial charge in [0.05, 0.1) is 22.0 Å². The highest BCUT2D eigenvalue weighted by Crippen LogP contribution is 2.24. The fourth-order valence-corrected chi connectivity index (χ4v) is 2.54. The van der Waals surface area contributed by atoms with Crippen LogP contribution in [0, 0.1) is 0 Å². The molecule has 0 fully saturated rings. The molecule has 110 valence electrons. The van der Waals surface area contributed by atoms with E-state index in [4.69, 9.17) is 16.7 Å². The minimum atomic E-state index is -1.08. The Balaban J connectivity index is 2.19. The van der Waals surface area contributed by atoms with Gasteiger partial charge >= 0.3 is 5.97 Å². The van der Waals surface area contributed by atoms with E-state index in [1.807, 2.05) is 6.92 Å². The van der Waals surface area contributed by atoms with Crippen LogP contribution < -0.4 is 5.32 Å². The van der Waals surface area contributed by atoms with Crippen LogP contribution in [-0.2, 0) is 6.42 Å². The molecule has 1 heterocycles. The topological polar surface area (TPSA) is 92.2 Å². The summed E-state index contributed by atoms with van der Waals surface area (Å²) in [5, 5.41) is 15.6. The third-order valence-corrected chi connectivity index (χ3v) is 3.79. The van der Waals surface area contributed by atoms with Crippen molar-refractivity contribution in [3.63, 3.8) is 0 Å². The Labute approximate surface area is 129 Å². The Morgan fingerprint density at radius 3 is 2.81 bits per heavy atom. The van der Waals surface area contributed by atoms with Gasteiger partial charge in [0.1, 0.15) is 4.88 Å². The average molecular weight is 326 g/mol. The van der Waals surface area contributed by atoms with E-state index >= 15 is 0 Å². The summed E-state index contributed by atoms with van der Waals surface area (Å²) in [5.74, 6) is -1.43. The molecule has 0 spiro atoms. The van der Waals surface area contributed by atoms with Gasteiger partial charge in [-0.25, -0.2) is 4.79 Å². The molecule has 0 aliphatic carbocycles. The number of hydrogen-bond acceptors (Lipinski definition) is 5. The highest BCUT2D eigenvalue weighted by atomic mass is 35.5. The summed E-state index contributed by atoms with van der Waals surface area (Å²) < 4.78 is 3.78. The fraction of sp³-hybridized carbons (Fsp3) is 0.231. The van der Waals surface area contributed by atoms with Crippen molar-refractivity contribution in [2.75, 3.05) is 5.32 Å². The highest BCUT2D eigenvalue weighted by Gasteiger charge is 2.17. The zero-order chi connectivity index (χ0) is 15.4. The maximum atomic E-state index is 12.2. The van der Waals surface area contributed by atoms with Crippen molar-refractivity contribution in [1.29, 1.82) is 0 Å². The first-order valence-corrected chi connectivity index (χ1v) is 7.33. The SMILES string of the molecule is CCCc1nnsc1C(=O)Nc1ccc(C(=O)O)cc1Cl. The quantitative estimate of drug-likeness (QED) is 0.881. The molecule has 0 unspecified atom stereocenters. The van der Waals surface area contributed by atoms with Crippen molar-refractivity contribution < 1.29 is 14.7 Å². The lowest BCUT2D eigenvalue weighted by Gasteiger charge is -2.07. The summed E-state index contributed by atoms with van der Waals surface area (Å²) >= 11 is 6.99. The van der Waals surface area contributed by atoms with E-state index in [1.54, 1.807) is 0 Å². The van der Waals surface area contributed by atoms with E-state index in [2.05, 4.69) is 14.9 Å². The van der Waals surface area contributed by atoms with Gasteiger partial charge in [-0.05, 0) is 36.2 Å². The van der Waals surface area contributed by atoms with Crippen LogP contribution in [0.15, 0.2) is 18.2 Å². The molecule has 2 aromatic rings. The number of hydrogen-bond donors (Lipinski definition) is 2. The second-order valence-electron chi connectivity index (χ2n) is 4.25. The second kappa shape index (κ2) is 6.64. The molecule has 2 N–H and O–H groups in total. The lowest BCUT2D eigenvalue weighted by molar-refractivity contribution is 0.0696. The summed E-state index contributed by atoms with van der Waals surface area (Å²) in [6.45, 7) is 1.99. The minimum Gasteiger partial charge on any atom is -0.478 e. The summed E-state index contributed by atoms with van der Waals surface area (Å²) in [4.78, 5) is 23.5. The number of aryl methyl sites for hydroxylation is 1. The standard InChI is InChI=1S/C13H12ClN3O3S/c1-2-3-10-11(21-17-16-10)12(18)15-9-5-4-7(13(19)20)6-8(9)14/h4-6H,2-3H2,1H3,(H,15,18)(H,19,20). The molecule has 0 saturated carbocycles. The number of anilines is 1. The van der Waals surface area contributed by atoms with Gasteiger partial charge < -0.3 is 10.4 Å². The van der Waals surface area contributed by atoms with Crippen LogP contribution >= 0.6 is 23.1 Å². The van der Waals surface area contributed by atoms with Crippen LogP contribution in [0.5, 0.6) is 0 Å². The summed E-state index contributed by atoms with van der Waals surface area (Å²) in [5.41, 5.74) is 1.06. The molecule has 21 heavy (non-hydrogen) atoms. The van der Waals surface area contributed by atoms with Crippen LogP contribution in [0.2, 0.25) is 5.02 Å². The number of aromatic carboxylic acids is 1. The van der Waals surface area contributed by atoms with E-state index in [0.717, 1.165) is 18.0 Å². The summed E-state index contributed by atoms with van der Waals surface area (Å²) in [7, 11) is 0. The molecule has 6 nitrogen and oxygen atoms in total. The van der Waals surface area contributed by atoms with Crippen LogP contribution in [0.3, 0.4) is 0 Å². The van der Waals surface area contributed by atoms with E-state index in [9.17, 15) is 9.59 Å². The van der Waals surface area contributed by atoms with Crippen molar-refractivity contribution in [3.05, 3.63) is 39.4 Å². The van der Waals surface area contributed by atoms with Gasteiger partial charge in [-0.3, -0.25) is 4.79 Å². The first kappa shape index (κ1) is 15.4. The van der Waals surface area contributed by atoms with Crippen molar-refractivity contribution in [1.82, 2.24) is 9.59 Å². The van der Waals surface area contributed by atoms with E-state index in [1.165, 1.54) is 18.2 Å². The van der Waals surface area contributed by atoms with Gasteiger partial charge in [0.25, 0.3) is 5.91 Å². The zero-order valence-corrected chi connectivity index (χ0v) is 12.7. The smallest absolute Gasteiger partial charge is 0.335 e. The molecule has 0 atom stereocenters. The van der Waals surface area contributed by atoms with Gasteiger partial charge in [0.15, 0.2) is 0 Å². The van der Waals surface area contributed by atoms with E-state index < -0.39 is 5.97 Å². The van der Waals surface area contributed by atoms with Crippen LogP contribution in [0.1, 0.15) is 39.1 Å². The molecule has 1 aromatic heterocycles. The van der Waals surface area contributed by atoms with Crippen LogP contribution in [-0.4, -0.2) is 26.6 Å². The molecule has 0 saturated heterocycles. The van der Waals surface area contributed by atoms with Crippen molar-refractivity contribution >= 4 is 40.7 Å². The Kier molecular flexibility index (Phi) is 4.87. The Morgan fingerprint density at radius 1 is 1.43 bits per heavy atom. The van der Waals surface area contributed by atoms with Crippen molar-refractivity contribution in [2.24, 2.45) is 0 Å². The molecule has 1 amide bonds. The maximum Gasteiger partial charge on any atom is 0.335 e. The van der Waals surface area contributed by atoms with E-state index in [-0.39, 0.29) is 16.5 Å². The molecular weight excluding hydrogens is 314 g/mol. The maximum absolute atomic E-state index is 12.2. The number of halogens is 1. The Morgan fingerprint density at radius 2 is 2.19 bits per heavy atom. The predicted octanol–water partition coefficient (Wildman–Crippen LogP) is 3.09. The monoisotopic (exact) mass is 325 g/mol. The number of nitrogens with one attached hydrogen (secondary N) is 1. The summed E-state index contributed by atoms with van der Waals surface area (Å²) in [6.07, 6.45) is 1.53. The van der Waals surface area contributed by atoms with Crippen LogP contribution in [0.4, 0.5) is 5.69 Å². The second-order valence-corrected chi connectivity index (χ2v) is 5.41. The Bertz CT molecular complexity index is 687. The van der Waals surface area contributed by atoms with Crippen molar-refractivity contribution in [2.45, 2.75) is 19.8 Å². The number of carbonyl (C=O) groups excluding carboxylic acids is 1. The third kappa shape index (κ3) is 3.56. The first-order valence-electron chi connectivity index (χ1n) is 6.18. The number of carboxylic acid groups (broad SMARTS) is 1. The number of amides is 1. The van der Waals surface area contributed by atoms with E-state index in [0.29, 0.717) is 22.7 Å². The number of aromatic nitrogens is 2. The Hall–Kier alpha value is -1.99. The molecule has 1 aromatic carbocycles. The van der Waals surface area contributed by atoms with Gasteiger partial charge in [0.2, 0.25) is 0 Å². The van der Waals surface area contributed by atoms with Gasteiger partial charge in [-0.1, -0.05) is 29.4 Å². The fourth-order valence-electron chi connectivity index (χ4n) is 1.71.